The number of nitrogens with zero attached hydrogens (tertiary/aromatic N) is 1. The van der Waals surface area contributed by atoms with Gasteiger partial charge < -0.3 is 4.74 Å². The Balaban J connectivity index is 1.65. The molecule has 0 spiro atoms. The number of benzene rings is 3. The molecule has 0 aromatic heterocycles. The number of carbonyl (C=O) groups excluding carboxylic acids is 3. The third-order valence-corrected chi connectivity index (χ3v) is 5.29. The van der Waals surface area contributed by atoms with Crippen molar-refractivity contribution in [3.8, 4) is 5.75 Å². The van der Waals surface area contributed by atoms with Crippen molar-refractivity contribution in [2.24, 2.45) is 0 Å². The van der Waals surface area contributed by atoms with Crippen molar-refractivity contribution in [2.75, 3.05) is 4.90 Å². The topological polar surface area (TPSA) is 75.7 Å². The molecule has 1 aliphatic heterocycles. The number of halogens is 1. The maximum Gasteiger partial charge on any atom is 0.335 e. The highest BCUT2D eigenvalue weighted by atomic mass is 35.5. The van der Waals surface area contributed by atoms with Gasteiger partial charge in [0.05, 0.1) is 5.69 Å². The number of nitrogens with one attached hydrogen (secondary N) is 1. The highest BCUT2D eigenvalue weighted by molar-refractivity contribution is 6.39. The van der Waals surface area contributed by atoms with Crippen LogP contribution >= 0.6 is 11.6 Å². The minimum Gasteiger partial charge on any atom is -0.488 e. The van der Waals surface area contributed by atoms with E-state index in [4.69, 9.17) is 16.3 Å². The number of para-hydroxylation sites is 1. The van der Waals surface area contributed by atoms with Gasteiger partial charge in [0, 0.05) is 16.1 Å². The quantitative estimate of drug-likeness (QED) is 0.447. The Labute approximate surface area is 190 Å². The average molecular weight is 447 g/mol. The van der Waals surface area contributed by atoms with Gasteiger partial charge in [-0.3, -0.25) is 14.9 Å². The Morgan fingerprint density at radius 3 is 2.50 bits per heavy atom. The van der Waals surface area contributed by atoms with Gasteiger partial charge in [0.1, 0.15) is 17.9 Å². The Morgan fingerprint density at radius 1 is 0.969 bits per heavy atom. The van der Waals surface area contributed by atoms with Gasteiger partial charge in [0.2, 0.25) is 0 Å². The van der Waals surface area contributed by atoms with Gasteiger partial charge in [0.15, 0.2) is 0 Å². The molecule has 0 radical (unpaired) electrons. The molecule has 160 valence electrons. The first-order valence-electron chi connectivity index (χ1n) is 9.87. The highest BCUT2D eigenvalue weighted by Crippen LogP contribution is 2.27. The third kappa shape index (κ3) is 4.40. The van der Waals surface area contributed by atoms with E-state index in [0.29, 0.717) is 22.0 Å². The average Bonchev–Trinajstić information content (AvgIpc) is 2.77. The summed E-state index contributed by atoms with van der Waals surface area (Å²) in [5, 5.41) is 2.81. The molecule has 4 amide bonds. The molecule has 0 unspecified atom stereocenters. The lowest BCUT2D eigenvalue weighted by Gasteiger charge is -2.26. The fourth-order valence-electron chi connectivity index (χ4n) is 3.32. The predicted octanol–water partition coefficient (Wildman–Crippen LogP) is 4.89. The number of barbiturate groups is 1. The molecule has 6 nitrogen and oxygen atoms in total. The van der Waals surface area contributed by atoms with E-state index in [9.17, 15) is 14.4 Å². The van der Waals surface area contributed by atoms with Crippen molar-refractivity contribution in [3.05, 3.63) is 100 Å². The number of carbonyl (C=O) groups is 3. The van der Waals surface area contributed by atoms with Gasteiger partial charge in [-0.25, -0.2) is 9.69 Å². The molecule has 0 bridgehead atoms. The number of hydrogen-bond donors (Lipinski definition) is 1. The standard InChI is InChI=1S/C25H19ClN2O4/c1-16-7-6-10-19(13-16)28-24(30)20(23(29)27-25(28)31)14-17-8-3-5-12-22(17)32-15-18-9-2-4-11-21(18)26/h2-14H,15H2,1H3,(H,27,29,31)/b20-14+. The van der Waals surface area contributed by atoms with Crippen LogP contribution in [0.4, 0.5) is 10.5 Å². The van der Waals surface area contributed by atoms with Crippen molar-refractivity contribution in [1.29, 1.82) is 0 Å². The third-order valence-electron chi connectivity index (χ3n) is 4.92. The van der Waals surface area contributed by atoms with Crippen molar-refractivity contribution in [3.63, 3.8) is 0 Å². The summed E-state index contributed by atoms with van der Waals surface area (Å²) in [5.41, 5.74) is 2.42. The maximum absolute atomic E-state index is 13.1. The highest BCUT2D eigenvalue weighted by Gasteiger charge is 2.37. The lowest BCUT2D eigenvalue weighted by Crippen LogP contribution is -2.54. The summed E-state index contributed by atoms with van der Waals surface area (Å²) in [4.78, 5) is 39.0. The Bertz CT molecular complexity index is 1250. The molecule has 7 heteroatoms. The first kappa shape index (κ1) is 21.3. The molecular weight excluding hydrogens is 428 g/mol. The molecule has 1 N–H and O–H groups in total. The fraction of sp³-hybridized carbons (Fsp3) is 0.0800. The van der Waals surface area contributed by atoms with Gasteiger partial charge in [0.25, 0.3) is 11.8 Å². The SMILES string of the molecule is Cc1cccc(N2C(=O)NC(=O)/C(=C\c3ccccc3OCc3ccccc3Cl)C2=O)c1. The molecule has 1 heterocycles. The summed E-state index contributed by atoms with van der Waals surface area (Å²) in [6.07, 6.45) is 1.43. The summed E-state index contributed by atoms with van der Waals surface area (Å²) in [6, 6.07) is 20.5. The lowest BCUT2D eigenvalue weighted by atomic mass is 10.1. The van der Waals surface area contributed by atoms with Crippen LogP contribution in [0, 0.1) is 6.92 Å². The van der Waals surface area contributed by atoms with Gasteiger partial charge in [-0.2, -0.15) is 0 Å². The minimum atomic E-state index is -0.786. The van der Waals surface area contributed by atoms with E-state index < -0.39 is 17.8 Å². The summed E-state index contributed by atoms with van der Waals surface area (Å²) < 4.78 is 5.91. The molecule has 1 fully saturated rings. The van der Waals surface area contributed by atoms with Gasteiger partial charge in [-0.15, -0.1) is 0 Å². The van der Waals surface area contributed by atoms with E-state index in [2.05, 4.69) is 5.32 Å². The van der Waals surface area contributed by atoms with Gasteiger partial charge in [-0.05, 0) is 42.8 Å². The summed E-state index contributed by atoms with van der Waals surface area (Å²) >= 11 is 6.20. The Morgan fingerprint density at radius 2 is 1.72 bits per heavy atom. The van der Waals surface area contributed by atoms with Crippen molar-refractivity contribution >= 4 is 41.2 Å². The van der Waals surface area contributed by atoms with Crippen molar-refractivity contribution < 1.29 is 19.1 Å². The first-order valence-corrected chi connectivity index (χ1v) is 10.2. The van der Waals surface area contributed by atoms with Crippen LogP contribution < -0.4 is 15.0 Å². The monoisotopic (exact) mass is 446 g/mol. The first-order chi connectivity index (χ1) is 15.4. The number of rotatable bonds is 5. The Hall–Kier alpha value is -3.90. The number of hydrogen-bond acceptors (Lipinski definition) is 4. The number of imide groups is 2. The normalized spacial score (nSPS) is 15.1. The number of urea groups is 1. The second kappa shape index (κ2) is 9.08. The zero-order valence-electron chi connectivity index (χ0n) is 17.2. The summed E-state index contributed by atoms with van der Waals surface area (Å²) in [7, 11) is 0. The fourth-order valence-corrected chi connectivity index (χ4v) is 3.51. The van der Waals surface area contributed by atoms with E-state index in [1.165, 1.54) is 6.08 Å². The van der Waals surface area contributed by atoms with Crippen molar-refractivity contribution in [2.45, 2.75) is 13.5 Å². The van der Waals surface area contributed by atoms with E-state index in [1.807, 2.05) is 31.2 Å². The van der Waals surface area contributed by atoms with E-state index in [1.54, 1.807) is 48.5 Å². The second-order valence-electron chi connectivity index (χ2n) is 7.21. The molecule has 3 aromatic carbocycles. The van der Waals surface area contributed by atoms with Gasteiger partial charge in [-0.1, -0.05) is 60.1 Å². The predicted molar refractivity (Wildman–Crippen MR) is 122 cm³/mol. The smallest absolute Gasteiger partial charge is 0.335 e. The summed E-state index contributed by atoms with van der Waals surface area (Å²) in [5.74, 6) is -0.991. The number of anilines is 1. The van der Waals surface area contributed by atoms with Crippen LogP contribution in [0.3, 0.4) is 0 Å². The maximum atomic E-state index is 13.1. The molecule has 0 saturated carbocycles. The van der Waals surface area contributed by atoms with E-state index in [-0.39, 0.29) is 12.2 Å². The lowest BCUT2D eigenvalue weighted by molar-refractivity contribution is -0.122. The zero-order valence-corrected chi connectivity index (χ0v) is 17.9. The summed E-state index contributed by atoms with van der Waals surface area (Å²) in [6.45, 7) is 2.07. The minimum absolute atomic E-state index is 0.167. The molecule has 32 heavy (non-hydrogen) atoms. The molecule has 1 aliphatic rings. The number of ether oxygens (including phenoxy) is 1. The van der Waals surface area contributed by atoms with Crippen LogP contribution in [0.25, 0.3) is 6.08 Å². The van der Waals surface area contributed by atoms with Crippen LogP contribution in [-0.2, 0) is 16.2 Å². The molecule has 0 aliphatic carbocycles. The van der Waals surface area contributed by atoms with Crippen LogP contribution in [0.2, 0.25) is 5.02 Å². The van der Waals surface area contributed by atoms with Crippen LogP contribution in [0.15, 0.2) is 78.4 Å². The van der Waals surface area contributed by atoms with E-state index >= 15 is 0 Å². The van der Waals surface area contributed by atoms with Crippen LogP contribution in [0.5, 0.6) is 5.75 Å². The molecular formula is C25H19ClN2O4. The molecule has 1 saturated heterocycles. The Kier molecular flexibility index (Phi) is 6.05. The molecule has 3 aromatic rings. The molecule has 4 rings (SSSR count). The second-order valence-corrected chi connectivity index (χ2v) is 7.62. The zero-order chi connectivity index (χ0) is 22.7. The van der Waals surface area contributed by atoms with E-state index in [0.717, 1.165) is 16.0 Å². The van der Waals surface area contributed by atoms with Crippen LogP contribution in [0.1, 0.15) is 16.7 Å². The number of amides is 4. The molecule has 0 atom stereocenters. The number of aryl methyl sites for hydroxylation is 1. The van der Waals surface area contributed by atoms with Crippen molar-refractivity contribution in [1.82, 2.24) is 5.32 Å². The largest absolute Gasteiger partial charge is 0.488 e. The van der Waals surface area contributed by atoms with Gasteiger partial charge >= 0.3 is 6.03 Å². The van der Waals surface area contributed by atoms with Crippen LogP contribution in [-0.4, -0.2) is 17.8 Å².